The molecule has 5 heteroatoms. The van der Waals surface area contributed by atoms with Gasteiger partial charge in [-0.05, 0) is 31.7 Å². The zero-order chi connectivity index (χ0) is 18.6. The summed E-state index contributed by atoms with van der Waals surface area (Å²) in [5.74, 6) is 0.273. The Morgan fingerprint density at radius 3 is 2.96 bits per heavy atom. The molecule has 5 nitrogen and oxygen atoms in total. The molecule has 1 heterocycles. The number of carbonyl (C=O) groups is 2. The molecule has 1 aliphatic carbocycles. The second kappa shape index (κ2) is 8.21. The molecular formula is C21H30N2O3. The summed E-state index contributed by atoms with van der Waals surface area (Å²) in [7, 11) is 1.65. The van der Waals surface area contributed by atoms with Gasteiger partial charge in [0.05, 0.1) is 12.0 Å². The molecule has 2 atom stereocenters. The van der Waals surface area contributed by atoms with Gasteiger partial charge in [-0.1, -0.05) is 42.7 Å². The normalized spacial score (nSPS) is 25.7. The summed E-state index contributed by atoms with van der Waals surface area (Å²) in [6.45, 7) is 3.69. The Morgan fingerprint density at radius 2 is 2.19 bits per heavy atom. The van der Waals surface area contributed by atoms with Gasteiger partial charge in [-0.15, -0.1) is 0 Å². The summed E-state index contributed by atoms with van der Waals surface area (Å²) in [6.07, 6.45) is 5.04. The summed E-state index contributed by atoms with van der Waals surface area (Å²) in [5.41, 5.74) is 1.87. The minimum absolute atomic E-state index is 0.00478. The van der Waals surface area contributed by atoms with Gasteiger partial charge in [-0.25, -0.2) is 0 Å². The number of hydrogen-bond acceptors (Lipinski definition) is 3. The lowest BCUT2D eigenvalue weighted by Crippen LogP contribution is -2.62. The molecule has 0 bridgehead atoms. The van der Waals surface area contributed by atoms with E-state index < -0.39 is 5.41 Å². The van der Waals surface area contributed by atoms with Crippen LogP contribution in [0.15, 0.2) is 24.3 Å². The Balaban J connectivity index is 1.75. The first-order valence-corrected chi connectivity index (χ1v) is 9.69. The van der Waals surface area contributed by atoms with Gasteiger partial charge < -0.3 is 15.0 Å². The van der Waals surface area contributed by atoms with Crippen LogP contribution in [-0.4, -0.2) is 43.0 Å². The number of fused-ring (bicyclic) bond motifs is 1. The SMILES string of the molecule is COCCN1C(=O)CC[C@]2(C(=O)NCc3cccc(C)c3)CCCC[C@@H]12. The number of carbonyl (C=O) groups excluding carboxylic acids is 2. The second-order valence-corrected chi connectivity index (χ2v) is 7.67. The summed E-state index contributed by atoms with van der Waals surface area (Å²) in [5, 5.41) is 3.17. The third kappa shape index (κ3) is 3.78. The van der Waals surface area contributed by atoms with Gasteiger partial charge >= 0.3 is 0 Å². The van der Waals surface area contributed by atoms with E-state index in [9.17, 15) is 9.59 Å². The maximum absolute atomic E-state index is 13.3. The molecule has 26 heavy (non-hydrogen) atoms. The molecule has 1 N–H and O–H groups in total. The number of ether oxygens (including phenoxy) is 1. The van der Waals surface area contributed by atoms with E-state index in [-0.39, 0.29) is 17.9 Å². The first kappa shape index (κ1) is 18.9. The molecule has 142 valence electrons. The molecule has 0 radical (unpaired) electrons. The van der Waals surface area contributed by atoms with E-state index in [2.05, 4.69) is 24.4 Å². The number of benzene rings is 1. The van der Waals surface area contributed by atoms with Gasteiger partial charge in [0.1, 0.15) is 0 Å². The zero-order valence-corrected chi connectivity index (χ0v) is 15.9. The molecule has 1 saturated carbocycles. The number of aryl methyl sites for hydroxylation is 1. The van der Waals surface area contributed by atoms with Crippen LogP contribution in [0.1, 0.15) is 49.7 Å². The largest absolute Gasteiger partial charge is 0.383 e. The first-order valence-electron chi connectivity index (χ1n) is 9.69. The van der Waals surface area contributed by atoms with Crippen LogP contribution in [0.5, 0.6) is 0 Å². The number of likely N-dealkylation sites (tertiary alicyclic amines) is 1. The number of methoxy groups -OCH3 is 1. The fraction of sp³-hybridized carbons (Fsp3) is 0.619. The number of hydrogen-bond donors (Lipinski definition) is 1. The van der Waals surface area contributed by atoms with Crippen molar-refractivity contribution < 1.29 is 14.3 Å². The fourth-order valence-corrected chi connectivity index (χ4v) is 4.64. The molecule has 1 aromatic carbocycles. The van der Waals surface area contributed by atoms with Crippen LogP contribution < -0.4 is 5.32 Å². The van der Waals surface area contributed by atoms with Crippen molar-refractivity contribution in [2.45, 2.75) is 58.0 Å². The average Bonchev–Trinajstić information content (AvgIpc) is 2.65. The van der Waals surface area contributed by atoms with Gasteiger partial charge in [0.15, 0.2) is 0 Å². The second-order valence-electron chi connectivity index (χ2n) is 7.67. The van der Waals surface area contributed by atoms with Crippen molar-refractivity contribution in [2.24, 2.45) is 5.41 Å². The Hall–Kier alpha value is -1.88. The van der Waals surface area contributed by atoms with Crippen molar-refractivity contribution in [3.05, 3.63) is 35.4 Å². The number of rotatable bonds is 6. The Labute approximate surface area is 156 Å². The number of piperidine rings is 1. The van der Waals surface area contributed by atoms with Crippen LogP contribution in [0.4, 0.5) is 0 Å². The number of amides is 2. The van der Waals surface area contributed by atoms with E-state index in [0.29, 0.717) is 32.5 Å². The predicted octanol–water partition coefficient (Wildman–Crippen LogP) is 2.81. The highest BCUT2D eigenvalue weighted by Crippen LogP contribution is 2.46. The quantitative estimate of drug-likeness (QED) is 0.851. The van der Waals surface area contributed by atoms with Crippen molar-refractivity contribution in [3.63, 3.8) is 0 Å². The molecular weight excluding hydrogens is 328 g/mol. The third-order valence-corrected chi connectivity index (χ3v) is 5.99. The Morgan fingerprint density at radius 1 is 1.35 bits per heavy atom. The van der Waals surface area contributed by atoms with Gasteiger partial charge in [-0.2, -0.15) is 0 Å². The molecule has 2 aliphatic rings. The summed E-state index contributed by atoms with van der Waals surface area (Å²) < 4.78 is 5.19. The fourth-order valence-electron chi connectivity index (χ4n) is 4.64. The van der Waals surface area contributed by atoms with Crippen molar-refractivity contribution in [1.82, 2.24) is 10.2 Å². The molecule has 1 aromatic rings. The van der Waals surface area contributed by atoms with Crippen molar-refractivity contribution in [2.75, 3.05) is 20.3 Å². The third-order valence-electron chi connectivity index (χ3n) is 5.99. The summed E-state index contributed by atoms with van der Waals surface area (Å²) in [6, 6.07) is 8.22. The Bertz CT molecular complexity index is 660. The highest BCUT2D eigenvalue weighted by molar-refractivity contribution is 5.88. The van der Waals surface area contributed by atoms with Crippen molar-refractivity contribution in [1.29, 1.82) is 0 Å². The zero-order valence-electron chi connectivity index (χ0n) is 15.9. The van der Waals surface area contributed by atoms with Gasteiger partial charge in [0, 0.05) is 32.7 Å². The van der Waals surface area contributed by atoms with Crippen LogP contribution in [0, 0.1) is 12.3 Å². The van der Waals surface area contributed by atoms with Crippen LogP contribution >= 0.6 is 0 Å². The topological polar surface area (TPSA) is 58.6 Å². The van der Waals surface area contributed by atoms with E-state index in [0.717, 1.165) is 31.2 Å². The molecule has 1 aliphatic heterocycles. The first-order chi connectivity index (χ1) is 12.6. The van der Waals surface area contributed by atoms with Crippen LogP contribution in [0.3, 0.4) is 0 Å². The van der Waals surface area contributed by atoms with Crippen molar-refractivity contribution in [3.8, 4) is 0 Å². The van der Waals surface area contributed by atoms with Crippen LogP contribution in [-0.2, 0) is 20.9 Å². The van der Waals surface area contributed by atoms with Crippen LogP contribution in [0.25, 0.3) is 0 Å². The minimum Gasteiger partial charge on any atom is -0.383 e. The van der Waals surface area contributed by atoms with E-state index >= 15 is 0 Å². The monoisotopic (exact) mass is 358 g/mol. The molecule has 3 rings (SSSR count). The highest BCUT2D eigenvalue weighted by Gasteiger charge is 2.52. The number of nitrogens with zero attached hydrogens (tertiary/aromatic N) is 1. The van der Waals surface area contributed by atoms with Gasteiger partial charge in [0.2, 0.25) is 11.8 Å². The van der Waals surface area contributed by atoms with Crippen LogP contribution in [0.2, 0.25) is 0 Å². The number of nitrogens with one attached hydrogen (secondary N) is 1. The molecule has 0 unspecified atom stereocenters. The maximum atomic E-state index is 13.3. The lowest BCUT2D eigenvalue weighted by Gasteiger charge is -2.51. The molecule has 2 amide bonds. The molecule has 1 saturated heterocycles. The minimum atomic E-state index is -0.441. The maximum Gasteiger partial charge on any atom is 0.228 e. The molecule has 2 fully saturated rings. The Kier molecular flexibility index (Phi) is 5.97. The van der Waals surface area contributed by atoms with E-state index in [1.54, 1.807) is 7.11 Å². The standard InChI is InChI=1S/C21H30N2O3/c1-16-6-5-7-17(14-16)15-22-20(25)21-10-4-3-8-18(21)23(12-13-26-2)19(24)9-11-21/h5-7,14,18H,3-4,8-13,15H2,1-2H3,(H,22,25)/t18-,21-/m1/s1. The van der Waals surface area contributed by atoms with E-state index in [1.165, 1.54) is 5.56 Å². The smallest absolute Gasteiger partial charge is 0.228 e. The highest BCUT2D eigenvalue weighted by atomic mass is 16.5. The molecule has 0 spiro atoms. The molecule has 0 aromatic heterocycles. The predicted molar refractivity (Wildman–Crippen MR) is 101 cm³/mol. The van der Waals surface area contributed by atoms with Gasteiger partial charge in [-0.3, -0.25) is 9.59 Å². The van der Waals surface area contributed by atoms with E-state index in [1.807, 2.05) is 17.0 Å². The summed E-state index contributed by atoms with van der Waals surface area (Å²) >= 11 is 0. The van der Waals surface area contributed by atoms with Crippen molar-refractivity contribution >= 4 is 11.8 Å². The lowest BCUT2D eigenvalue weighted by atomic mass is 9.64. The van der Waals surface area contributed by atoms with Gasteiger partial charge in [0.25, 0.3) is 0 Å². The average molecular weight is 358 g/mol. The van der Waals surface area contributed by atoms with E-state index in [4.69, 9.17) is 4.74 Å². The summed E-state index contributed by atoms with van der Waals surface area (Å²) in [4.78, 5) is 27.6. The lowest BCUT2D eigenvalue weighted by molar-refractivity contribution is -0.156.